The summed E-state index contributed by atoms with van der Waals surface area (Å²) in [6.07, 6.45) is 0.858. The molecule has 0 radical (unpaired) electrons. The van der Waals surface area contributed by atoms with Crippen LogP contribution in [0.3, 0.4) is 0 Å². The van der Waals surface area contributed by atoms with Crippen molar-refractivity contribution in [1.82, 2.24) is 10.6 Å². The summed E-state index contributed by atoms with van der Waals surface area (Å²) in [5, 5.41) is 5.34. The van der Waals surface area contributed by atoms with Crippen molar-refractivity contribution in [3.8, 4) is 0 Å². The van der Waals surface area contributed by atoms with Gasteiger partial charge in [-0.15, -0.1) is 0 Å². The maximum Gasteiger partial charge on any atom is 0.239 e. The van der Waals surface area contributed by atoms with Crippen molar-refractivity contribution >= 4 is 11.8 Å². The Hall–Kier alpha value is -1.10. The Bertz CT molecular complexity index is 280. The lowest BCUT2D eigenvalue weighted by Gasteiger charge is -2.33. The highest BCUT2D eigenvalue weighted by molar-refractivity contribution is 5.85. The van der Waals surface area contributed by atoms with E-state index < -0.39 is 0 Å². The predicted molar refractivity (Wildman–Crippen MR) is 68.4 cm³/mol. The summed E-state index contributed by atoms with van der Waals surface area (Å²) >= 11 is 0. The van der Waals surface area contributed by atoms with Crippen LogP contribution < -0.4 is 16.4 Å². The van der Waals surface area contributed by atoms with Crippen LogP contribution in [-0.4, -0.2) is 30.4 Å². The van der Waals surface area contributed by atoms with Crippen molar-refractivity contribution in [3.05, 3.63) is 0 Å². The molecule has 0 spiro atoms. The van der Waals surface area contributed by atoms with Crippen LogP contribution in [0.1, 0.15) is 41.0 Å². The van der Waals surface area contributed by atoms with E-state index in [0.717, 1.165) is 6.42 Å². The molecule has 0 aliphatic rings. The van der Waals surface area contributed by atoms with E-state index in [1.54, 1.807) is 0 Å². The smallest absolute Gasteiger partial charge is 0.239 e. The Morgan fingerprint density at radius 1 is 1.06 bits per heavy atom. The van der Waals surface area contributed by atoms with Gasteiger partial charge in [0.2, 0.25) is 11.8 Å². The van der Waals surface area contributed by atoms with Crippen molar-refractivity contribution in [2.45, 2.75) is 46.6 Å². The highest BCUT2D eigenvalue weighted by atomic mass is 16.2. The predicted octanol–water partition coefficient (Wildman–Crippen LogP) is 0.392. The molecule has 0 unspecified atom stereocenters. The average molecular weight is 243 g/mol. The number of nitrogens with one attached hydrogen (secondary N) is 2. The van der Waals surface area contributed by atoms with Gasteiger partial charge in [-0.2, -0.15) is 0 Å². The van der Waals surface area contributed by atoms with E-state index in [1.807, 2.05) is 13.8 Å². The molecule has 0 aromatic rings. The quantitative estimate of drug-likeness (QED) is 0.653. The van der Waals surface area contributed by atoms with Crippen LogP contribution >= 0.6 is 0 Å². The molecule has 0 atom stereocenters. The molecular weight excluding hydrogens is 218 g/mol. The maximum atomic E-state index is 11.6. The number of rotatable bonds is 5. The molecule has 0 aliphatic carbocycles. The molecule has 4 N–H and O–H groups in total. The number of amides is 2. The highest BCUT2D eigenvalue weighted by Crippen LogP contribution is 2.26. The Kier molecular flexibility index (Phi) is 5.61. The van der Waals surface area contributed by atoms with Crippen molar-refractivity contribution in [3.63, 3.8) is 0 Å². The minimum Gasteiger partial charge on any atom is -0.350 e. The zero-order chi connectivity index (χ0) is 13.7. The number of hydrogen-bond acceptors (Lipinski definition) is 3. The standard InChI is InChI=1S/C12H25N3O2/c1-11(2,3)8-12(4,5)15-10(17)7-14-9(16)6-13/h6-8,13H2,1-5H3,(H,14,16)(H,15,17). The molecule has 0 aromatic carbocycles. The van der Waals surface area contributed by atoms with Gasteiger partial charge in [-0.3, -0.25) is 9.59 Å². The van der Waals surface area contributed by atoms with Crippen molar-refractivity contribution in [2.24, 2.45) is 11.1 Å². The molecule has 5 heteroatoms. The number of carbonyl (C=O) groups excluding carboxylic acids is 2. The zero-order valence-corrected chi connectivity index (χ0v) is 11.5. The van der Waals surface area contributed by atoms with Crippen LogP contribution in [0.4, 0.5) is 0 Å². The van der Waals surface area contributed by atoms with E-state index in [0.29, 0.717) is 0 Å². The molecule has 0 aliphatic heterocycles. The first-order chi connectivity index (χ1) is 7.56. The molecule has 0 bridgehead atoms. The van der Waals surface area contributed by atoms with Crippen LogP contribution in [0, 0.1) is 5.41 Å². The van der Waals surface area contributed by atoms with E-state index in [-0.39, 0.29) is 35.9 Å². The maximum absolute atomic E-state index is 11.6. The second kappa shape index (κ2) is 6.00. The summed E-state index contributed by atoms with van der Waals surface area (Å²) in [7, 11) is 0. The van der Waals surface area contributed by atoms with Crippen molar-refractivity contribution in [1.29, 1.82) is 0 Å². The van der Waals surface area contributed by atoms with Gasteiger partial charge in [0, 0.05) is 5.54 Å². The Morgan fingerprint density at radius 3 is 2.00 bits per heavy atom. The van der Waals surface area contributed by atoms with Gasteiger partial charge in [-0.1, -0.05) is 20.8 Å². The lowest BCUT2D eigenvalue weighted by molar-refractivity contribution is -0.126. The highest BCUT2D eigenvalue weighted by Gasteiger charge is 2.26. The first-order valence-electron chi connectivity index (χ1n) is 5.83. The van der Waals surface area contributed by atoms with E-state index in [2.05, 4.69) is 31.4 Å². The molecule has 100 valence electrons. The van der Waals surface area contributed by atoms with Crippen molar-refractivity contribution < 1.29 is 9.59 Å². The number of hydrogen-bond donors (Lipinski definition) is 3. The first kappa shape index (κ1) is 15.9. The van der Waals surface area contributed by atoms with Gasteiger partial charge in [0.25, 0.3) is 0 Å². The minimum absolute atomic E-state index is 0.0242. The molecule has 0 saturated carbocycles. The van der Waals surface area contributed by atoms with Crippen LogP contribution in [0.15, 0.2) is 0 Å². The largest absolute Gasteiger partial charge is 0.350 e. The molecule has 17 heavy (non-hydrogen) atoms. The van der Waals surface area contributed by atoms with Gasteiger partial charge in [-0.25, -0.2) is 0 Å². The zero-order valence-electron chi connectivity index (χ0n) is 11.5. The fraction of sp³-hybridized carbons (Fsp3) is 0.833. The van der Waals surface area contributed by atoms with Gasteiger partial charge in [0.05, 0.1) is 13.1 Å². The SMILES string of the molecule is CC(C)(C)CC(C)(C)NC(=O)CNC(=O)CN. The number of carbonyl (C=O) groups is 2. The molecule has 5 nitrogen and oxygen atoms in total. The summed E-state index contributed by atoms with van der Waals surface area (Å²) in [6.45, 7) is 10.2. The van der Waals surface area contributed by atoms with E-state index in [1.165, 1.54) is 0 Å². The summed E-state index contributed by atoms with van der Waals surface area (Å²) in [5.41, 5.74) is 4.97. The third kappa shape index (κ3) is 8.68. The molecule has 0 heterocycles. The normalized spacial score (nSPS) is 12.1. The topological polar surface area (TPSA) is 84.2 Å². The Labute approximate surface area is 104 Å². The number of nitrogens with two attached hydrogens (primary N) is 1. The second-order valence-electron chi connectivity index (χ2n) is 6.15. The Morgan fingerprint density at radius 2 is 1.59 bits per heavy atom. The monoisotopic (exact) mass is 243 g/mol. The summed E-state index contributed by atoms with van der Waals surface area (Å²) < 4.78 is 0. The fourth-order valence-electron chi connectivity index (χ4n) is 2.04. The average Bonchev–Trinajstić information content (AvgIpc) is 2.09. The van der Waals surface area contributed by atoms with Gasteiger partial charge in [0.1, 0.15) is 0 Å². The van der Waals surface area contributed by atoms with Gasteiger partial charge >= 0.3 is 0 Å². The lowest BCUT2D eigenvalue weighted by atomic mass is 9.82. The summed E-state index contributed by atoms with van der Waals surface area (Å²) in [5.74, 6) is -0.519. The molecule has 0 fully saturated rings. The van der Waals surface area contributed by atoms with E-state index in [4.69, 9.17) is 5.73 Å². The molecule has 2 amide bonds. The van der Waals surface area contributed by atoms with Crippen LogP contribution in [0.25, 0.3) is 0 Å². The minimum atomic E-state index is -0.325. The molecule has 0 aromatic heterocycles. The van der Waals surface area contributed by atoms with E-state index >= 15 is 0 Å². The molecular formula is C12H25N3O2. The van der Waals surface area contributed by atoms with E-state index in [9.17, 15) is 9.59 Å². The summed E-state index contributed by atoms with van der Waals surface area (Å²) in [4.78, 5) is 22.5. The van der Waals surface area contributed by atoms with Crippen LogP contribution in [0.2, 0.25) is 0 Å². The third-order valence-corrected chi connectivity index (χ3v) is 2.08. The third-order valence-electron chi connectivity index (χ3n) is 2.08. The fourth-order valence-corrected chi connectivity index (χ4v) is 2.04. The molecule has 0 saturated heterocycles. The lowest BCUT2D eigenvalue weighted by Crippen LogP contribution is -2.49. The van der Waals surface area contributed by atoms with Crippen LogP contribution in [-0.2, 0) is 9.59 Å². The Balaban J connectivity index is 4.14. The summed E-state index contributed by atoms with van der Waals surface area (Å²) in [6, 6.07) is 0. The van der Waals surface area contributed by atoms with Crippen molar-refractivity contribution in [2.75, 3.05) is 13.1 Å². The van der Waals surface area contributed by atoms with Gasteiger partial charge in [0.15, 0.2) is 0 Å². The van der Waals surface area contributed by atoms with Crippen LogP contribution in [0.5, 0.6) is 0 Å². The molecule has 0 rings (SSSR count). The van der Waals surface area contributed by atoms with Gasteiger partial charge in [-0.05, 0) is 25.7 Å². The van der Waals surface area contributed by atoms with Gasteiger partial charge < -0.3 is 16.4 Å². The second-order valence-corrected chi connectivity index (χ2v) is 6.15. The first-order valence-corrected chi connectivity index (χ1v) is 5.83.